The summed E-state index contributed by atoms with van der Waals surface area (Å²) >= 11 is 0. The lowest BCUT2D eigenvalue weighted by molar-refractivity contribution is -0.160. The Morgan fingerprint density at radius 1 is 1.00 bits per heavy atom. The van der Waals surface area contributed by atoms with Crippen molar-refractivity contribution >= 4 is 24.7 Å². The summed E-state index contributed by atoms with van der Waals surface area (Å²) in [4.78, 5) is 13.0. The van der Waals surface area contributed by atoms with Crippen molar-refractivity contribution in [3.8, 4) is 0 Å². The summed E-state index contributed by atoms with van der Waals surface area (Å²) in [6.45, 7) is 14.7. The van der Waals surface area contributed by atoms with Crippen LogP contribution >= 0.6 is 0 Å². The van der Waals surface area contributed by atoms with E-state index in [0.717, 1.165) is 19.3 Å². The predicted octanol–water partition coefficient (Wildman–Crippen LogP) is 5.88. The SMILES string of the molecule is C[C@H]1C[C@]2(C)C(=O)OCCC[C@@]2(C)C=C1CO[Si](c1ccccc1)(c1ccccc1)C(C)(C)C. The molecule has 0 saturated carbocycles. The van der Waals surface area contributed by atoms with E-state index >= 15 is 0 Å². The normalized spacial score (nSPS) is 27.9. The fourth-order valence-electron chi connectivity index (χ4n) is 6.25. The molecule has 34 heavy (non-hydrogen) atoms. The fraction of sp³-hybridized carbons (Fsp3) is 0.500. The Balaban J connectivity index is 1.77. The molecule has 0 radical (unpaired) electrons. The van der Waals surface area contributed by atoms with Crippen molar-refractivity contribution in [3.63, 3.8) is 0 Å². The third-order valence-electron chi connectivity index (χ3n) is 8.51. The topological polar surface area (TPSA) is 35.5 Å². The molecule has 182 valence electrons. The van der Waals surface area contributed by atoms with Gasteiger partial charge in [-0.1, -0.05) is 101 Å². The smallest absolute Gasteiger partial charge is 0.312 e. The maximum Gasteiger partial charge on any atom is 0.312 e. The fourth-order valence-corrected chi connectivity index (χ4v) is 10.8. The first-order valence-corrected chi connectivity index (χ1v) is 14.6. The number of benzene rings is 2. The van der Waals surface area contributed by atoms with Crippen LogP contribution in [0, 0.1) is 16.7 Å². The van der Waals surface area contributed by atoms with Gasteiger partial charge in [-0.2, -0.15) is 0 Å². The van der Waals surface area contributed by atoms with Gasteiger partial charge in [-0.15, -0.1) is 0 Å². The van der Waals surface area contributed by atoms with Crippen LogP contribution < -0.4 is 10.4 Å². The van der Waals surface area contributed by atoms with Crippen LogP contribution in [0.15, 0.2) is 72.3 Å². The Bertz CT molecular complexity index is 1000. The van der Waals surface area contributed by atoms with Crippen molar-refractivity contribution in [2.24, 2.45) is 16.7 Å². The van der Waals surface area contributed by atoms with E-state index in [-0.39, 0.29) is 22.3 Å². The van der Waals surface area contributed by atoms with E-state index in [1.165, 1.54) is 15.9 Å². The van der Waals surface area contributed by atoms with Crippen molar-refractivity contribution in [2.75, 3.05) is 13.2 Å². The van der Waals surface area contributed by atoms with Crippen LogP contribution in [0.2, 0.25) is 5.04 Å². The highest BCUT2D eigenvalue weighted by Crippen LogP contribution is 2.55. The lowest BCUT2D eigenvalue weighted by Crippen LogP contribution is -2.66. The quantitative estimate of drug-likeness (QED) is 0.307. The van der Waals surface area contributed by atoms with Crippen LogP contribution in [-0.4, -0.2) is 27.5 Å². The predicted molar refractivity (Wildman–Crippen MR) is 142 cm³/mol. The molecule has 0 N–H and O–H groups in total. The minimum Gasteiger partial charge on any atom is -0.465 e. The molecule has 2 aromatic carbocycles. The maximum atomic E-state index is 13.0. The van der Waals surface area contributed by atoms with E-state index in [1.807, 2.05) is 0 Å². The van der Waals surface area contributed by atoms with Crippen molar-refractivity contribution in [1.29, 1.82) is 0 Å². The van der Waals surface area contributed by atoms with Crippen molar-refractivity contribution < 1.29 is 14.0 Å². The monoisotopic (exact) mass is 476 g/mol. The second-order valence-corrected chi connectivity index (χ2v) is 16.1. The number of allylic oxidation sites excluding steroid dienone is 1. The Morgan fingerprint density at radius 2 is 1.56 bits per heavy atom. The van der Waals surface area contributed by atoms with Crippen molar-refractivity contribution in [1.82, 2.24) is 0 Å². The van der Waals surface area contributed by atoms with Gasteiger partial charge in [0.25, 0.3) is 8.32 Å². The molecule has 3 atom stereocenters. The minimum absolute atomic E-state index is 0.0393. The molecule has 0 amide bonds. The van der Waals surface area contributed by atoms with Crippen LogP contribution in [0.3, 0.4) is 0 Å². The number of esters is 1. The summed E-state index contributed by atoms with van der Waals surface area (Å²) in [5, 5.41) is 2.54. The molecule has 1 fully saturated rings. The van der Waals surface area contributed by atoms with E-state index in [4.69, 9.17) is 9.16 Å². The average molecular weight is 477 g/mol. The molecule has 0 unspecified atom stereocenters. The van der Waals surface area contributed by atoms with Gasteiger partial charge in [0.15, 0.2) is 0 Å². The van der Waals surface area contributed by atoms with Crippen LogP contribution in [0.25, 0.3) is 0 Å². The molecule has 2 aliphatic rings. The van der Waals surface area contributed by atoms with E-state index in [2.05, 4.69) is 108 Å². The molecule has 1 heterocycles. The summed E-state index contributed by atoms with van der Waals surface area (Å²) in [6, 6.07) is 21.6. The molecule has 4 rings (SSSR count). The Labute approximate surface area is 206 Å². The summed E-state index contributed by atoms with van der Waals surface area (Å²) in [6.07, 6.45) is 5.06. The van der Waals surface area contributed by atoms with Gasteiger partial charge in [0.05, 0.1) is 18.6 Å². The van der Waals surface area contributed by atoms with Gasteiger partial charge in [-0.05, 0) is 53.1 Å². The van der Waals surface area contributed by atoms with Crippen LogP contribution in [-0.2, 0) is 14.0 Å². The summed E-state index contributed by atoms with van der Waals surface area (Å²) in [5.41, 5.74) is 0.629. The first kappa shape index (κ1) is 24.9. The number of hydrogen-bond acceptors (Lipinski definition) is 3. The molecule has 0 spiro atoms. The van der Waals surface area contributed by atoms with Gasteiger partial charge in [0, 0.05) is 5.41 Å². The second-order valence-electron chi connectivity index (χ2n) is 11.8. The van der Waals surface area contributed by atoms with Crippen molar-refractivity contribution in [3.05, 3.63) is 72.3 Å². The summed E-state index contributed by atoms with van der Waals surface area (Å²) < 4.78 is 12.9. The van der Waals surface area contributed by atoms with Gasteiger partial charge in [-0.3, -0.25) is 4.79 Å². The van der Waals surface area contributed by atoms with Gasteiger partial charge in [0.2, 0.25) is 0 Å². The number of carbonyl (C=O) groups excluding carboxylic acids is 1. The molecule has 4 heteroatoms. The van der Waals surface area contributed by atoms with Crippen molar-refractivity contribution in [2.45, 2.75) is 65.8 Å². The zero-order valence-electron chi connectivity index (χ0n) is 21.7. The highest BCUT2D eigenvalue weighted by atomic mass is 28.4. The van der Waals surface area contributed by atoms with Crippen LogP contribution in [0.5, 0.6) is 0 Å². The second kappa shape index (κ2) is 9.12. The summed E-state index contributed by atoms with van der Waals surface area (Å²) in [7, 11) is -2.61. The third-order valence-corrected chi connectivity index (χ3v) is 13.5. The molecule has 2 aromatic rings. The van der Waals surface area contributed by atoms with Crippen LogP contribution in [0.1, 0.15) is 60.8 Å². The minimum atomic E-state index is -2.61. The standard InChI is InChI=1S/C30H40O3Si/c1-23-20-30(6)27(31)32-19-13-18-29(30,5)21-24(23)22-33-34(28(2,3)4,25-14-9-7-10-15-25)26-16-11-8-12-17-26/h7-12,14-17,21,23H,13,18-20,22H2,1-6H3/t23-,29-,30+/m0/s1. The third kappa shape index (κ3) is 4.09. The zero-order valence-corrected chi connectivity index (χ0v) is 22.7. The molecule has 3 nitrogen and oxygen atoms in total. The van der Waals surface area contributed by atoms with Gasteiger partial charge < -0.3 is 9.16 Å². The Hall–Kier alpha value is -2.17. The highest BCUT2D eigenvalue weighted by Gasteiger charge is 2.55. The number of fused-ring (bicyclic) bond motifs is 1. The van der Waals surface area contributed by atoms with E-state index in [1.54, 1.807) is 0 Å². The van der Waals surface area contributed by atoms with Gasteiger partial charge in [-0.25, -0.2) is 0 Å². The maximum absolute atomic E-state index is 13.0. The van der Waals surface area contributed by atoms with Gasteiger partial charge >= 0.3 is 5.97 Å². The van der Waals surface area contributed by atoms with E-state index in [0.29, 0.717) is 13.2 Å². The molecular weight excluding hydrogens is 436 g/mol. The lowest BCUT2D eigenvalue weighted by Gasteiger charge is -2.48. The molecule has 1 aliphatic heterocycles. The number of ether oxygens (including phenoxy) is 1. The number of carbonyl (C=O) groups is 1. The zero-order chi connectivity index (χ0) is 24.6. The first-order chi connectivity index (χ1) is 16.0. The lowest BCUT2D eigenvalue weighted by atomic mass is 9.56. The molecule has 0 bridgehead atoms. The van der Waals surface area contributed by atoms with Crippen LogP contribution in [0.4, 0.5) is 0 Å². The molecule has 1 saturated heterocycles. The number of rotatable bonds is 5. The van der Waals surface area contributed by atoms with E-state index in [9.17, 15) is 4.79 Å². The Morgan fingerprint density at radius 3 is 2.09 bits per heavy atom. The van der Waals surface area contributed by atoms with E-state index < -0.39 is 13.7 Å². The van der Waals surface area contributed by atoms with Gasteiger partial charge in [0.1, 0.15) is 0 Å². The molecule has 0 aromatic heterocycles. The Kier molecular flexibility index (Phi) is 6.69. The molecular formula is C30H40O3Si. The molecule has 1 aliphatic carbocycles. The average Bonchev–Trinajstić information content (AvgIpc) is 2.91. The highest BCUT2D eigenvalue weighted by molar-refractivity contribution is 6.99. The number of hydrogen-bond donors (Lipinski definition) is 0. The largest absolute Gasteiger partial charge is 0.465 e. The first-order valence-electron chi connectivity index (χ1n) is 12.7. The summed E-state index contributed by atoms with van der Waals surface area (Å²) in [5.74, 6) is 0.226. The number of cyclic esters (lactones) is 1.